The summed E-state index contributed by atoms with van der Waals surface area (Å²) in [6.45, 7) is 0.811. The number of aromatic nitrogens is 7. The molecule has 0 atom stereocenters. The molecule has 1 aliphatic heterocycles. The van der Waals surface area contributed by atoms with Gasteiger partial charge in [-0.05, 0) is 30.0 Å². The van der Waals surface area contributed by atoms with Crippen molar-refractivity contribution in [2.24, 2.45) is 0 Å². The average Bonchev–Trinajstić information content (AvgIpc) is 3.34. The maximum absolute atomic E-state index is 6.28. The van der Waals surface area contributed by atoms with Gasteiger partial charge in [-0.25, -0.2) is 15.0 Å². The SMILES string of the molecule is COCc1nnc2n1Cc1c(C#Cc3cnc(OC)cn3)ncn1-c1ccc(Cl)cc1-2. The molecule has 10 heteroatoms. The molecule has 0 fully saturated rings. The lowest BCUT2D eigenvalue weighted by atomic mass is 10.1. The standard InChI is InChI=1S/C21H16ClN7O2/c1-30-11-19-26-27-21-15-7-13(22)3-6-17(15)29-12-25-16(18(29)10-28(19)21)5-4-14-8-24-20(31-2)9-23-14/h3,6-9,12H,10-11H2,1-2H3. The molecule has 9 nitrogen and oxygen atoms in total. The Balaban J connectivity index is 1.64. The molecular weight excluding hydrogens is 418 g/mol. The van der Waals surface area contributed by atoms with Gasteiger partial charge in [0, 0.05) is 17.7 Å². The smallest absolute Gasteiger partial charge is 0.232 e. The van der Waals surface area contributed by atoms with Crippen LogP contribution in [0.2, 0.25) is 5.02 Å². The molecule has 0 radical (unpaired) electrons. The predicted molar refractivity (Wildman–Crippen MR) is 112 cm³/mol. The average molecular weight is 434 g/mol. The van der Waals surface area contributed by atoms with Crippen molar-refractivity contribution < 1.29 is 9.47 Å². The number of methoxy groups -OCH3 is 2. The molecule has 0 N–H and O–H groups in total. The van der Waals surface area contributed by atoms with Crippen molar-refractivity contribution in [3.05, 3.63) is 64.8 Å². The highest BCUT2D eigenvalue weighted by molar-refractivity contribution is 6.31. The molecule has 154 valence electrons. The van der Waals surface area contributed by atoms with Crippen LogP contribution in [0, 0.1) is 11.8 Å². The summed E-state index contributed by atoms with van der Waals surface area (Å²) in [6.07, 6.45) is 4.84. The van der Waals surface area contributed by atoms with Crippen LogP contribution in [-0.2, 0) is 17.9 Å². The first-order chi connectivity index (χ1) is 15.2. The molecule has 4 aromatic rings. The predicted octanol–water partition coefficient (Wildman–Crippen LogP) is 2.49. The van der Waals surface area contributed by atoms with E-state index in [9.17, 15) is 0 Å². The number of benzene rings is 1. The zero-order valence-corrected chi connectivity index (χ0v) is 17.5. The van der Waals surface area contributed by atoms with E-state index >= 15 is 0 Å². The highest BCUT2D eigenvalue weighted by atomic mass is 35.5. The zero-order chi connectivity index (χ0) is 21.4. The second kappa shape index (κ2) is 7.83. The number of rotatable bonds is 3. The van der Waals surface area contributed by atoms with E-state index in [1.165, 1.54) is 13.3 Å². The molecular formula is C21H16ClN7O2. The third kappa shape index (κ3) is 3.42. The van der Waals surface area contributed by atoms with Gasteiger partial charge in [0.05, 0.1) is 37.4 Å². The Hall–Kier alpha value is -3.74. The summed E-state index contributed by atoms with van der Waals surface area (Å²) >= 11 is 6.28. The first kappa shape index (κ1) is 19.2. The number of hydrogen-bond acceptors (Lipinski definition) is 7. The van der Waals surface area contributed by atoms with Crippen LogP contribution in [0.25, 0.3) is 17.1 Å². The Labute approximate surface area is 182 Å². The number of ether oxygens (including phenoxy) is 2. The van der Waals surface area contributed by atoms with Crippen molar-refractivity contribution >= 4 is 11.6 Å². The van der Waals surface area contributed by atoms with Crippen molar-refractivity contribution in [3.63, 3.8) is 0 Å². The monoisotopic (exact) mass is 433 g/mol. The molecule has 1 aliphatic rings. The Morgan fingerprint density at radius 2 is 2.00 bits per heavy atom. The van der Waals surface area contributed by atoms with E-state index in [4.69, 9.17) is 21.1 Å². The number of hydrogen-bond donors (Lipinski definition) is 0. The minimum absolute atomic E-state index is 0.333. The van der Waals surface area contributed by atoms with Gasteiger partial charge in [-0.2, -0.15) is 0 Å². The molecule has 4 heterocycles. The molecule has 3 aromatic heterocycles. The Morgan fingerprint density at radius 1 is 1.10 bits per heavy atom. The van der Waals surface area contributed by atoms with Gasteiger partial charge in [0.1, 0.15) is 24.3 Å². The highest BCUT2D eigenvalue weighted by Gasteiger charge is 2.25. The first-order valence-corrected chi connectivity index (χ1v) is 9.71. The fourth-order valence-electron chi connectivity index (χ4n) is 3.43. The second-order valence-electron chi connectivity index (χ2n) is 6.72. The second-order valence-corrected chi connectivity index (χ2v) is 7.16. The molecule has 0 aliphatic carbocycles. The fraction of sp³-hybridized carbons (Fsp3) is 0.190. The molecule has 31 heavy (non-hydrogen) atoms. The first-order valence-electron chi connectivity index (χ1n) is 9.33. The normalized spacial score (nSPS) is 11.6. The van der Waals surface area contributed by atoms with Crippen molar-refractivity contribution in [2.75, 3.05) is 14.2 Å². The van der Waals surface area contributed by atoms with Crippen LogP contribution in [0.3, 0.4) is 0 Å². The van der Waals surface area contributed by atoms with Gasteiger partial charge in [-0.3, -0.25) is 4.57 Å². The Bertz CT molecular complexity index is 1330. The van der Waals surface area contributed by atoms with E-state index in [-0.39, 0.29) is 0 Å². The molecule has 0 unspecified atom stereocenters. The van der Waals surface area contributed by atoms with Crippen molar-refractivity contribution in [3.8, 4) is 34.8 Å². The van der Waals surface area contributed by atoms with Crippen LogP contribution in [0.4, 0.5) is 0 Å². The summed E-state index contributed by atoms with van der Waals surface area (Å²) in [4.78, 5) is 12.9. The van der Waals surface area contributed by atoms with Crippen molar-refractivity contribution in [2.45, 2.75) is 13.2 Å². The number of nitrogens with zero attached hydrogens (tertiary/aromatic N) is 7. The summed E-state index contributed by atoms with van der Waals surface area (Å²) in [5.41, 5.74) is 3.81. The van der Waals surface area contributed by atoms with Gasteiger partial charge >= 0.3 is 0 Å². The van der Waals surface area contributed by atoms with E-state index in [0.717, 1.165) is 16.9 Å². The molecule has 0 bridgehead atoms. The summed E-state index contributed by atoms with van der Waals surface area (Å²) in [7, 11) is 3.16. The zero-order valence-electron chi connectivity index (χ0n) is 16.7. The van der Waals surface area contributed by atoms with Gasteiger partial charge in [0.2, 0.25) is 5.88 Å². The van der Waals surface area contributed by atoms with E-state index in [2.05, 4.69) is 37.0 Å². The molecule has 0 spiro atoms. The minimum Gasteiger partial charge on any atom is -0.480 e. The summed E-state index contributed by atoms with van der Waals surface area (Å²) in [5.74, 6) is 7.99. The summed E-state index contributed by atoms with van der Waals surface area (Å²) < 4.78 is 14.3. The molecule has 1 aromatic carbocycles. The van der Waals surface area contributed by atoms with Gasteiger partial charge in [-0.1, -0.05) is 11.6 Å². The molecule has 0 saturated carbocycles. The molecule has 0 saturated heterocycles. The minimum atomic E-state index is 0.333. The van der Waals surface area contributed by atoms with E-state index < -0.39 is 0 Å². The van der Waals surface area contributed by atoms with Gasteiger partial charge in [0.25, 0.3) is 0 Å². The number of halogens is 1. The number of imidazole rings is 1. The van der Waals surface area contributed by atoms with E-state index in [1.54, 1.807) is 19.6 Å². The quantitative estimate of drug-likeness (QED) is 0.403. The third-order valence-electron chi connectivity index (χ3n) is 4.88. The van der Waals surface area contributed by atoms with Crippen LogP contribution in [0.15, 0.2) is 36.9 Å². The van der Waals surface area contributed by atoms with Gasteiger partial charge in [0.15, 0.2) is 11.6 Å². The third-order valence-corrected chi connectivity index (χ3v) is 5.12. The van der Waals surface area contributed by atoms with Crippen LogP contribution in [0.1, 0.15) is 22.9 Å². The number of fused-ring (bicyclic) bond motifs is 5. The van der Waals surface area contributed by atoms with Crippen molar-refractivity contribution in [1.82, 2.24) is 34.3 Å². The Kier molecular flexibility index (Phi) is 4.86. The van der Waals surface area contributed by atoms with Crippen molar-refractivity contribution in [1.29, 1.82) is 0 Å². The van der Waals surface area contributed by atoms with Gasteiger partial charge in [-0.15, -0.1) is 10.2 Å². The van der Waals surface area contributed by atoms with E-state index in [1.807, 2.05) is 27.3 Å². The maximum Gasteiger partial charge on any atom is 0.232 e. The maximum atomic E-state index is 6.28. The van der Waals surface area contributed by atoms with Crippen LogP contribution in [0.5, 0.6) is 5.88 Å². The fourth-order valence-corrected chi connectivity index (χ4v) is 3.60. The lowest BCUT2D eigenvalue weighted by Gasteiger charge is -2.08. The van der Waals surface area contributed by atoms with E-state index in [0.29, 0.717) is 47.1 Å². The summed E-state index contributed by atoms with van der Waals surface area (Å²) in [6, 6.07) is 5.65. The van der Waals surface area contributed by atoms with Crippen LogP contribution < -0.4 is 4.74 Å². The lowest BCUT2D eigenvalue weighted by Crippen LogP contribution is -2.09. The summed E-state index contributed by atoms with van der Waals surface area (Å²) in [5, 5.41) is 9.31. The molecule has 5 rings (SSSR count). The largest absolute Gasteiger partial charge is 0.480 e. The lowest BCUT2D eigenvalue weighted by molar-refractivity contribution is 0.174. The van der Waals surface area contributed by atoms with Crippen LogP contribution in [-0.4, -0.2) is 48.5 Å². The topological polar surface area (TPSA) is 92.8 Å². The van der Waals surface area contributed by atoms with Gasteiger partial charge < -0.3 is 14.0 Å². The molecule has 0 amide bonds. The highest BCUT2D eigenvalue weighted by Crippen LogP contribution is 2.34. The van der Waals surface area contributed by atoms with Crippen LogP contribution >= 0.6 is 11.6 Å². The Morgan fingerprint density at radius 3 is 2.77 bits per heavy atom.